The average Bonchev–Trinajstić information content (AvgIpc) is 2.19. The summed E-state index contributed by atoms with van der Waals surface area (Å²) in [5, 5.41) is 12.5. The van der Waals surface area contributed by atoms with E-state index in [2.05, 4.69) is 19.2 Å². The first-order chi connectivity index (χ1) is 6.77. The van der Waals surface area contributed by atoms with Gasteiger partial charge in [-0.1, -0.05) is 26.2 Å². The zero-order valence-corrected chi connectivity index (χ0v) is 9.63. The lowest BCUT2D eigenvalue weighted by Crippen LogP contribution is -2.43. The molecule has 0 aromatic carbocycles. The topological polar surface area (TPSA) is 32.3 Å². The average molecular weight is 199 g/mol. The summed E-state index contributed by atoms with van der Waals surface area (Å²) in [5.41, 5.74) is 0. The lowest BCUT2D eigenvalue weighted by Gasteiger charge is -2.33. The Morgan fingerprint density at radius 3 is 2.71 bits per heavy atom. The number of hydrogen-bond donors (Lipinski definition) is 2. The van der Waals surface area contributed by atoms with Crippen LogP contribution in [0.2, 0.25) is 0 Å². The van der Waals surface area contributed by atoms with E-state index in [1.54, 1.807) is 0 Å². The van der Waals surface area contributed by atoms with Crippen LogP contribution in [0.25, 0.3) is 0 Å². The molecule has 2 heteroatoms. The molecule has 1 aliphatic rings. The van der Waals surface area contributed by atoms with Crippen molar-refractivity contribution in [3.8, 4) is 0 Å². The van der Waals surface area contributed by atoms with E-state index >= 15 is 0 Å². The van der Waals surface area contributed by atoms with E-state index in [1.165, 1.54) is 32.1 Å². The molecule has 1 fully saturated rings. The van der Waals surface area contributed by atoms with Gasteiger partial charge in [0.25, 0.3) is 0 Å². The first-order valence-corrected chi connectivity index (χ1v) is 6.14. The number of rotatable bonds is 5. The maximum Gasteiger partial charge on any atom is 0.0445 e. The highest BCUT2D eigenvalue weighted by Crippen LogP contribution is 2.27. The highest BCUT2D eigenvalue weighted by Gasteiger charge is 2.24. The van der Waals surface area contributed by atoms with Crippen LogP contribution in [-0.4, -0.2) is 23.8 Å². The summed E-state index contributed by atoms with van der Waals surface area (Å²) in [6.45, 7) is 4.77. The molecular formula is C12H25NO. The zero-order chi connectivity index (χ0) is 10.4. The van der Waals surface area contributed by atoms with Crippen molar-refractivity contribution in [2.24, 2.45) is 5.92 Å². The van der Waals surface area contributed by atoms with Crippen LogP contribution < -0.4 is 5.32 Å². The van der Waals surface area contributed by atoms with Crippen LogP contribution in [0.15, 0.2) is 0 Å². The molecule has 3 unspecified atom stereocenters. The largest absolute Gasteiger partial charge is 0.396 e. The SMILES string of the molecule is CCC1CCCCC1NC(C)CCO. The molecule has 0 spiro atoms. The molecular weight excluding hydrogens is 174 g/mol. The Kier molecular flexibility index (Phi) is 5.49. The number of aliphatic hydroxyl groups is 1. The smallest absolute Gasteiger partial charge is 0.0445 e. The molecule has 1 saturated carbocycles. The molecule has 2 nitrogen and oxygen atoms in total. The molecule has 84 valence electrons. The quantitative estimate of drug-likeness (QED) is 0.712. The lowest BCUT2D eigenvalue weighted by atomic mass is 9.82. The molecule has 0 bridgehead atoms. The molecule has 0 aromatic heterocycles. The van der Waals surface area contributed by atoms with Gasteiger partial charge in [-0.05, 0) is 32.1 Å². The Morgan fingerprint density at radius 2 is 2.07 bits per heavy atom. The van der Waals surface area contributed by atoms with Crippen molar-refractivity contribution in [2.45, 2.75) is 64.5 Å². The lowest BCUT2D eigenvalue weighted by molar-refractivity contribution is 0.215. The van der Waals surface area contributed by atoms with Gasteiger partial charge in [0.05, 0.1) is 0 Å². The van der Waals surface area contributed by atoms with Crippen molar-refractivity contribution < 1.29 is 5.11 Å². The van der Waals surface area contributed by atoms with Gasteiger partial charge in [0.2, 0.25) is 0 Å². The van der Waals surface area contributed by atoms with E-state index in [9.17, 15) is 0 Å². The van der Waals surface area contributed by atoms with Gasteiger partial charge in [0.15, 0.2) is 0 Å². The summed E-state index contributed by atoms with van der Waals surface area (Å²) >= 11 is 0. The molecule has 0 radical (unpaired) electrons. The normalized spacial score (nSPS) is 30.2. The van der Waals surface area contributed by atoms with E-state index in [4.69, 9.17) is 5.11 Å². The molecule has 1 rings (SSSR count). The van der Waals surface area contributed by atoms with E-state index in [-0.39, 0.29) is 0 Å². The minimum atomic E-state index is 0.303. The molecule has 0 aromatic rings. The highest BCUT2D eigenvalue weighted by molar-refractivity contribution is 4.82. The molecule has 2 N–H and O–H groups in total. The van der Waals surface area contributed by atoms with Gasteiger partial charge in [-0.2, -0.15) is 0 Å². The van der Waals surface area contributed by atoms with E-state index < -0.39 is 0 Å². The second kappa shape index (κ2) is 6.41. The maximum atomic E-state index is 8.85. The predicted octanol–water partition coefficient (Wildman–Crippen LogP) is 2.32. The maximum absolute atomic E-state index is 8.85. The molecule has 0 heterocycles. The number of aliphatic hydroxyl groups excluding tert-OH is 1. The van der Waals surface area contributed by atoms with Gasteiger partial charge in [0, 0.05) is 18.7 Å². The van der Waals surface area contributed by atoms with Gasteiger partial charge in [-0.15, -0.1) is 0 Å². The standard InChI is InChI=1S/C12H25NO/c1-3-11-6-4-5-7-12(11)13-10(2)8-9-14/h10-14H,3-9H2,1-2H3. The van der Waals surface area contributed by atoms with Crippen molar-refractivity contribution in [3.63, 3.8) is 0 Å². The third-order valence-electron chi connectivity index (χ3n) is 3.49. The van der Waals surface area contributed by atoms with Gasteiger partial charge >= 0.3 is 0 Å². The Morgan fingerprint density at radius 1 is 1.36 bits per heavy atom. The summed E-state index contributed by atoms with van der Waals surface area (Å²) in [5.74, 6) is 0.866. The van der Waals surface area contributed by atoms with Crippen LogP contribution in [-0.2, 0) is 0 Å². The summed E-state index contributed by atoms with van der Waals surface area (Å²) in [7, 11) is 0. The van der Waals surface area contributed by atoms with Crippen LogP contribution in [0, 0.1) is 5.92 Å². The Bertz CT molecular complexity index is 149. The second-order valence-electron chi connectivity index (χ2n) is 4.64. The summed E-state index contributed by atoms with van der Waals surface area (Å²) in [6, 6.07) is 1.17. The van der Waals surface area contributed by atoms with Crippen molar-refractivity contribution in [1.29, 1.82) is 0 Å². The minimum Gasteiger partial charge on any atom is -0.396 e. The van der Waals surface area contributed by atoms with Crippen LogP contribution >= 0.6 is 0 Å². The van der Waals surface area contributed by atoms with Crippen LogP contribution in [0.3, 0.4) is 0 Å². The first-order valence-electron chi connectivity index (χ1n) is 6.14. The Hall–Kier alpha value is -0.0800. The fourth-order valence-corrected chi connectivity index (χ4v) is 2.56. The van der Waals surface area contributed by atoms with Gasteiger partial charge in [-0.3, -0.25) is 0 Å². The molecule has 0 saturated heterocycles. The Balaban J connectivity index is 2.32. The van der Waals surface area contributed by atoms with Crippen molar-refractivity contribution >= 4 is 0 Å². The van der Waals surface area contributed by atoms with Gasteiger partial charge in [0.1, 0.15) is 0 Å². The summed E-state index contributed by atoms with van der Waals surface area (Å²) < 4.78 is 0. The molecule has 0 amide bonds. The summed E-state index contributed by atoms with van der Waals surface area (Å²) in [6.07, 6.45) is 7.68. The van der Waals surface area contributed by atoms with E-state index in [0.29, 0.717) is 18.7 Å². The monoisotopic (exact) mass is 199 g/mol. The van der Waals surface area contributed by atoms with Gasteiger partial charge in [-0.25, -0.2) is 0 Å². The highest BCUT2D eigenvalue weighted by atomic mass is 16.3. The zero-order valence-electron chi connectivity index (χ0n) is 9.63. The number of hydrogen-bond acceptors (Lipinski definition) is 2. The third kappa shape index (κ3) is 3.58. The van der Waals surface area contributed by atoms with Crippen LogP contribution in [0.1, 0.15) is 52.4 Å². The molecule has 14 heavy (non-hydrogen) atoms. The minimum absolute atomic E-state index is 0.303. The fourth-order valence-electron chi connectivity index (χ4n) is 2.56. The van der Waals surface area contributed by atoms with E-state index in [0.717, 1.165) is 12.3 Å². The second-order valence-corrected chi connectivity index (χ2v) is 4.64. The van der Waals surface area contributed by atoms with Crippen molar-refractivity contribution in [3.05, 3.63) is 0 Å². The predicted molar refractivity (Wildman–Crippen MR) is 60.3 cm³/mol. The molecule has 0 aliphatic heterocycles. The fraction of sp³-hybridized carbons (Fsp3) is 1.00. The van der Waals surface area contributed by atoms with Crippen molar-refractivity contribution in [2.75, 3.05) is 6.61 Å². The first kappa shape index (κ1) is 12.0. The van der Waals surface area contributed by atoms with Gasteiger partial charge < -0.3 is 10.4 Å². The van der Waals surface area contributed by atoms with Crippen molar-refractivity contribution in [1.82, 2.24) is 5.32 Å². The Labute approximate surface area is 88.1 Å². The number of nitrogens with one attached hydrogen (secondary N) is 1. The van der Waals surface area contributed by atoms with E-state index in [1.807, 2.05) is 0 Å². The van der Waals surface area contributed by atoms with Crippen LogP contribution in [0.4, 0.5) is 0 Å². The summed E-state index contributed by atoms with van der Waals surface area (Å²) in [4.78, 5) is 0. The molecule has 1 aliphatic carbocycles. The molecule has 3 atom stereocenters. The van der Waals surface area contributed by atoms with Crippen LogP contribution in [0.5, 0.6) is 0 Å². The third-order valence-corrected chi connectivity index (χ3v) is 3.49.